The highest BCUT2D eigenvalue weighted by atomic mass is 16.2. The van der Waals surface area contributed by atoms with Gasteiger partial charge < -0.3 is 15.5 Å². The number of rotatable bonds is 6. The van der Waals surface area contributed by atoms with Crippen molar-refractivity contribution < 1.29 is 14.4 Å². The van der Waals surface area contributed by atoms with Gasteiger partial charge in [0.25, 0.3) is 0 Å². The number of nitrogens with one attached hydrogen (secondary N) is 2. The maximum Gasteiger partial charge on any atom is 0.229 e. The van der Waals surface area contributed by atoms with Crippen LogP contribution >= 0.6 is 0 Å². The molecule has 2 aromatic rings. The average molecular weight is 393 g/mol. The Morgan fingerprint density at radius 3 is 2.17 bits per heavy atom. The summed E-state index contributed by atoms with van der Waals surface area (Å²) in [5.74, 6) is -0.281. The first kappa shape index (κ1) is 20.6. The van der Waals surface area contributed by atoms with Gasteiger partial charge in [0.2, 0.25) is 17.7 Å². The van der Waals surface area contributed by atoms with Crippen LogP contribution in [0.3, 0.4) is 0 Å². The molecule has 6 heteroatoms. The van der Waals surface area contributed by atoms with E-state index in [1.165, 1.54) is 12.5 Å². The zero-order valence-electron chi connectivity index (χ0n) is 17.1. The molecule has 0 aromatic heterocycles. The van der Waals surface area contributed by atoms with Crippen molar-refractivity contribution in [3.63, 3.8) is 0 Å². The number of amides is 3. The van der Waals surface area contributed by atoms with Crippen LogP contribution in [0.4, 0.5) is 17.1 Å². The Hall–Kier alpha value is -3.15. The molecule has 2 N–H and O–H groups in total. The van der Waals surface area contributed by atoms with Crippen LogP contribution in [0, 0.1) is 5.92 Å². The monoisotopic (exact) mass is 393 g/mol. The molecule has 1 heterocycles. The van der Waals surface area contributed by atoms with E-state index in [0.29, 0.717) is 23.8 Å². The molecule has 3 rings (SSSR count). The highest BCUT2D eigenvalue weighted by Gasteiger charge is 2.35. The topological polar surface area (TPSA) is 78.5 Å². The van der Waals surface area contributed by atoms with Gasteiger partial charge in [0, 0.05) is 37.0 Å². The molecule has 6 nitrogen and oxygen atoms in total. The largest absolute Gasteiger partial charge is 0.326 e. The van der Waals surface area contributed by atoms with Crippen LogP contribution in [0.1, 0.15) is 45.1 Å². The lowest BCUT2D eigenvalue weighted by atomic mass is 9.98. The molecule has 2 atom stereocenters. The molecule has 1 saturated heterocycles. The number of nitrogens with zero attached hydrogens (tertiary/aromatic N) is 1. The minimum Gasteiger partial charge on any atom is -0.326 e. The van der Waals surface area contributed by atoms with Gasteiger partial charge in [-0.3, -0.25) is 14.4 Å². The normalized spacial score (nSPS) is 17.1. The van der Waals surface area contributed by atoms with E-state index in [1.54, 1.807) is 29.2 Å². The fourth-order valence-electron chi connectivity index (χ4n) is 3.44. The van der Waals surface area contributed by atoms with Crippen LogP contribution in [0.5, 0.6) is 0 Å². The first-order chi connectivity index (χ1) is 13.9. The molecule has 3 amide bonds. The molecule has 0 saturated carbocycles. The van der Waals surface area contributed by atoms with Gasteiger partial charge in [-0.15, -0.1) is 0 Å². The van der Waals surface area contributed by atoms with Gasteiger partial charge in [0.15, 0.2) is 0 Å². The highest BCUT2D eigenvalue weighted by molar-refractivity contribution is 6.03. The van der Waals surface area contributed by atoms with Gasteiger partial charge in [0.05, 0.1) is 5.92 Å². The summed E-state index contributed by atoms with van der Waals surface area (Å²) in [6.07, 6.45) is 1.26. The Balaban J connectivity index is 1.62. The average Bonchev–Trinajstić information content (AvgIpc) is 3.10. The third kappa shape index (κ3) is 5.02. The Bertz CT molecular complexity index is 891. The number of carbonyl (C=O) groups excluding carboxylic acids is 3. The summed E-state index contributed by atoms with van der Waals surface area (Å²) >= 11 is 0. The zero-order valence-corrected chi connectivity index (χ0v) is 17.1. The first-order valence-corrected chi connectivity index (χ1v) is 9.96. The van der Waals surface area contributed by atoms with Crippen LogP contribution in [-0.2, 0) is 14.4 Å². The van der Waals surface area contributed by atoms with Gasteiger partial charge in [-0.25, -0.2) is 0 Å². The Morgan fingerprint density at radius 1 is 1.03 bits per heavy atom. The molecular formula is C23H27N3O3. The van der Waals surface area contributed by atoms with Crippen LogP contribution in [0.2, 0.25) is 0 Å². The highest BCUT2D eigenvalue weighted by Crippen LogP contribution is 2.28. The van der Waals surface area contributed by atoms with Gasteiger partial charge in [-0.1, -0.05) is 26.0 Å². The maximum atomic E-state index is 12.6. The Kier molecular flexibility index (Phi) is 6.32. The second kappa shape index (κ2) is 8.90. The van der Waals surface area contributed by atoms with Gasteiger partial charge in [-0.05, 0) is 54.3 Å². The molecule has 1 fully saturated rings. The minimum atomic E-state index is -0.397. The van der Waals surface area contributed by atoms with Crippen molar-refractivity contribution in [2.24, 2.45) is 5.92 Å². The number of hydrogen-bond acceptors (Lipinski definition) is 3. The fraction of sp³-hybridized carbons (Fsp3) is 0.348. The van der Waals surface area contributed by atoms with E-state index in [0.717, 1.165) is 12.1 Å². The molecule has 29 heavy (non-hydrogen) atoms. The summed E-state index contributed by atoms with van der Waals surface area (Å²) in [4.78, 5) is 37.9. The van der Waals surface area contributed by atoms with Gasteiger partial charge >= 0.3 is 0 Å². The molecule has 1 aliphatic rings. The second-order valence-corrected chi connectivity index (χ2v) is 7.55. The Labute approximate surface area is 171 Å². The zero-order chi connectivity index (χ0) is 21.0. The van der Waals surface area contributed by atoms with E-state index in [1.807, 2.05) is 12.1 Å². The van der Waals surface area contributed by atoms with Crippen LogP contribution in [0.15, 0.2) is 48.5 Å². The number of anilines is 3. The minimum absolute atomic E-state index is 0.0394. The third-order valence-electron chi connectivity index (χ3n) is 5.35. The predicted octanol–water partition coefficient (Wildman–Crippen LogP) is 4.15. The SMILES string of the molecule is CCC(C)c1ccc(N2CC(C(=O)Nc3ccc(NC(C)=O)cc3)CC2=O)cc1. The van der Waals surface area contributed by atoms with Crippen molar-refractivity contribution in [3.05, 3.63) is 54.1 Å². The molecule has 0 aliphatic carbocycles. The third-order valence-corrected chi connectivity index (χ3v) is 5.35. The van der Waals surface area contributed by atoms with Crippen LogP contribution in [0.25, 0.3) is 0 Å². The number of carbonyl (C=O) groups is 3. The van der Waals surface area contributed by atoms with Gasteiger partial charge in [-0.2, -0.15) is 0 Å². The molecule has 2 aromatic carbocycles. The van der Waals surface area contributed by atoms with Crippen molar-refractivity contribution in [2.45, 2.75) is 39.5 Å². The predicted molar refractivity (Wildman–Crippen MR) is 115 cm³/mol. The molecule has 0 bridgehead atoms. The molecule has 2 unspecified atom stereocenters. The van der Waals surface area contributed by atoms with Crippen LogP contribution < -0.4 is 15.5 Å². The lowest BCUT2D eigenvalue weighted by Gasteiger charge is -2.18. The summed E-state index contributed by atoms with van der Waals surface area (Å²) in [6.45, 7) is 6.14. The van der Waals surface area contributed by atoms with Crippen molar-refractivity contribution in [2.75, 3.05) is 22.1 Å². The standard InChI is InChI=1S/C23H27N3O3/c1-4-15(2)17-5-11-21(12-6-17)26-14-18(13-22(26)28)23(29)25-20-9-7-19(8-10-20)24-16(3)27/h5-12,15,18H,4,13-14H2,1-3H3,(H,24,27)(H,25,29). The van der Waals surface area contributed by atoms with E-state index >= 15 is 0 Å². The Morgan fingerprint density at radius 2 is 1.62 bits per heavy atom. The fourth-order valence-corrected chi connectivity index (χ4v) is 3.44. The van der Waals surface area contributed by atoms with Crippen molar-refractivity contribution in [1.29, 1.82) is 0 Å². The lowest BCUT2D eigenvalue weighted by Crippen LogP contribution is -2.28. The molecule has 0 radical (unpaired) electrons. The second-order valence-electron chi connectivity index (χ2n) is 7.55. The summed E-state index contributed by atoms with van der Waals surface area (Å²) < 4.78 is 0. The molecule has 152 valence electrons. The van der Waals surface area contributed by atoms with Crippen molar-refractivity contribution in [1.82, 2.24) is 0 Å². The van der Waals surface area contributed by atoms with Crippen molar-refractivity contribution in [3.8, 4) is 0 Å². The first-order valence-electron chi connectivity index (χ1n) is 9.96. The molecule has 1 aliphatic heterocycles. The summed E-state index contributed by atoms with van der Waals surface area (Å²) in [5.41, 5.74) is 3.38. The quantitative estimate of drug-likeness (QED) is 0.774. The summed E-state index contributed by atoms with van der Waals surface area (Å²) in [7, 11) is 0. The molecule has 0 spiro atoms. The molecular weight excluding hydrogens is 366 g/mol. The lowest BCUT2D eigenvalue weighted by molar-refractivity contribution is -0.122. The van der Waals surface area contributed by atoms with E-state index in [2.05, 4.69) is 36.6 Å². The van der Waals surface area contributed by atoms with E-state index in [9.17, 15) is 14.4 Å². The summed E-state index contributed by atoms with van der Waals surface area (Å²) in [6, 6.07) is 14.9. The number of benzene rings is 2. The van der Waals surface area contributed by atoms with E-state index in [4.69, 9.17) is 0 Å². The number of hydrogen-bond donors (Lipinski definition) is 2. The summed E-state index contributed by atoms with van der Waals surface area (Å²) in [5, 5.41) is 5.54. The van der Waals surface area contributed by atoms with Crippen molar-refractivity contribution >= 4 is 34.8 Å². The van der Waals surface area contributed by atoms with Gasteiger partial charge in [0.1, 0.15) is 0 Å². The van der Waals surface area contributed by atoms with E-state index < -0.39 is 5.92 Å². The maximum absolute atomic E-state index is 12.6. The van der Waals surface area contributed by atoms with Crippen LogP contribution in [-0.4, -0.2) is 24.3 Å². The van der Waals surface area contributed by atoms with E-state index in [-0.39, 0.29) is 24.1 Å². The smallest absolute Gasteiger partial charge is 0.229 e.